The number of hydrogen-bond acceptors (Lipinski definition) is 8. The first-order valence-electron chi connectivity index (χ1n) is 12.8. The molecule has 10 heteroatoms. The summed E-state index contributed by atoms with van der Waals surface area (Å²) in [7, 11) is 0. The highest BCUT2D eigenvalue weighted by atomic mass is 35.5. The highest BCUT2D eigenvalue weighted by molar-refractivity contribution is 7.22. The van der Waals surface area contributed by atoms with Crippen LogP contribution < -0.4 is 20.0 Å². The Morgan fingerprint density at radius 1 is 0.949 bits per heavy atom. The minimum Gasteiger partial charge on any atom is -0.486 e. The maximum Gasteiger partial charge on any atom is 0.349 e. The number of carbonyl (C=O) groups is 1. The van der Waals surface area contributed by atoms with Crippen LogP contribution in [0.15, 0.2) is 63.8 Å². The van der Waals surface area contributed by atoms with Gasteiger partial charge in [-0.25, -0.2) is 9.78 Å². The molecular weight excluding hydrogens is 538 g/mol. The molecule has 0 saturated carbocycles. The summed E-state index contributed by atoms with van der Waals surface area (Å²) >= 11 is 1.39. The number of fused-ring (bicyclic) bond motifs is 5. The fourth-order valence-corrected chi connectivity index (χ4v) is 5.80. The fourth-order valence-electron chi connectivity index (χ4n) is 4.80. The summed E-state index contributed by atoms with van der Waals surface area (Å²) in [6.07, 6.45) is 0. The predicted octanol–water partition coefficient (Wildman–Crippen LogP) is 5.74. The van der Waals surface area contributed by atoms with Crippen molar-refractivity contribution in [3.63, 3.8) is 0 Å². The third-order valence-electron chi connectivity index (χ3n) is 6.92. The Balaban J connectivity index is 0.00000308. The molecule has 0 aliphatic carbocycles. The SMILES string of the molecule is CCN(CC)CCN(C(=O)c1cc2c(ccc3ccccc32)oc1=O)c1nc2cc3c(cc2s1)OCCO3.Cl. The Morgan fingerprint density at radius 2 is 1.69 bits per heavy atom. The lowest BCUT2D eigenvalue weighted by atomic mass is 10.0. The molecule has 1 aliphatic heterocycles. The van der Waals surface area contributed by atoms with Crippen molar-refractivity contribution in [3.05, 3.63) is 70.6 Å². The van der Waals surface area contributed by atoms with E-state index in [-0.39, 0.29) is 18.0 Å². The number of ether oxygens (including phenoxy) is 2. The average Bonchev–Trinajstić information content (AvgIpc) is 3.35. The number of thiazole rings is 1. The van der Waals surface area contributed by atoms with Gasteiger partial charge in [-0.15, -0.1) is 12.4 Å². The van der Waals surface area contributed by atoms with Gasteiger partial charge in [0, 0.05) is 30.6 Å². The predicted molar refractivity (Wildman–Crippen MR) is 157 cm³/mol. The maximum absolute atomic E-state index is 14.0. The van der Waals surface area contributed by atoms with Crippen LogP contribution in [0.3, 0.4) is 0 Å². The molecule has 1 aliphatic rings. The summed E-state index contributed by atoms with van der Waals surface area (Å²) in [6.45, 7) is 7.86. The van der Waals surface area contributed by atoms with Gasteiger partial charge in [0.25, 0.3) is 5.91 Å². The third kappa shape index (κ3) is 5.05. The van der Waals surface area contributed by atoms with Crippen molar-refractivity contribution >= 4 is 66.7 Å². The molecule has 0 saturated heterocycles. The molecular formula is C29H28ClN3O5S. The van der Waals surface area contributed by atoms with Gasteiger partial charge >= 0.3 is 5.63 Å². The number of nitrogens with zero attached hydrogens (tertiary/aromatic N) is 3. The molecule has 2 aromatic heterocycles. The van der Waals surface area contributed by atoms with E-state index in [2.05, 4.69) is 18.7 Å². The molecule has 0 unspecified atom stereocenters. The van der Waals surface area contributed by atoms with Crippen molar-refractivity contribution in [2.45, 2.75) is 13.8 Å². The van der Waals surface area contributed by atoms with E-state index in [4.69, 9.17) is 18.9 Å². The van der Waals surface area contributed by atoms with Crippen molar-refractivity contribution in [3.8, 4) is 11.5 Å². The van der Waals surface area contributed by atoms with E-state index in [1.807, 2.05) is 42.5 Å². The second-order valence-corrected chi connectivity index (χ2v) is 10.1. The minimum absolute atomic E-state index is 0. The van der Waals surface area contributed by atoms with Gasteiger partial charge < -0.3 is 18.8 Å². The number of amides is 1. The summed E-state index contributed by atoms with van der Waals surface area (Å²) in [5.41, 5.74) is 0.486. The van der Waals surface area contributed by atoms with Gasteiger partial charge in [-0.2, -0.15) is 0 Å². The van der Waals surface area contributed by atoms with Crippen LogP contribution in [0.5, 0.6) is 11.5 Å². The molecule has 0 bridgehead atoms. The summed E-state index contributed by atoms with van der Waals surface area (Å²) in [5, 5.41) is 3.16. The molecule has 3 heterocycles. The van der Waals surface area contributed by atoms with Gasteiger partial charge in [0.15, 0.2) is 16.6 Å². The average molecular weight is 566 g/mol. The molecule has 202 valence electrons. The van der Waals surface area contributed by atoms with E-state index >= 15 is 0 Å². The Hall–Kier alpha value is -3.66. The molecule has 0 fully saturated rings. The zero-order chi connectivity index (χ0) is 26.2. The van der Waals surface area contributed by atoms with Crippen LogP contribution in [0.25, 0.3) is 32.0 Å². The first-order chi connectivity index (χ1) is 18.6. The fraction of sp³-hybridized carbons (Fsp3) is 0.276. The van der Waals surface area contributed by atoms with Gasteiger partial charge in [-0.1, -0.05) is 55.5 Å². The largest absolute Gasteiger partial charge is 0.486 e. The third-order valence-corrected chi connectivity index (χ3v) is 7.96. The van der Waals surface area contributed by atoms with E-state index in [0.717, 1.165) is 33.9 Å². The minimum atomic E-state index is -0.663. The molecule has 1 amide bonds. The van der Waals surface area contributed by atoms with Gasteiger partial charge in [0.2, 0.25) is 0 Å². The summed E-state index contributed by atoms with van der Waals surface area (Å²) in [5.74, 6) is 0.878. The van der Waals surface area contributed by atoms with Crippen LogP contribution in [-0.4, -0.2) is 55.2 Å². The van der Waals surface area contributed by atoms with E-state index in [0.29, 0.717) is 54.0 Å². The van der Waals surface area contributed by atoms with Gasteiger partial charge in [-0.3, -0.25) is 9.69 Å². The number of carbonyl (C=O) groups excluding carboxylic acids is 1. The Bertz CT molecular complexity index is 1690. The van der Waals surface area contributed by atoms with E-state index in [1.165, 1.54) is 11.3 Å². The van der Waals surface area contributed by atoms with Crippen molar-refractivity contribution < 1.29 is 18.7 Å². The summed E-state index contributed by atoms with van der Waals surface area (Å²) < 4.78 is 18.0. The second-order valence-electron chi connectivity index (χ2n) is 9.09. The standard InChI is InChI=1S/C29H27N3O5S.ClH/c1-3-31(4-2)11-12-32(29-30-22-16-24-25(17-26(22)38-29)36-14-13-35-24)27(33)21-15-20-19-8-6-5-7-18(19)9-10-23(20)37-28(21)34;/h5-10,15-17H,3-4,11-14H2,1-2H3;1H. The topological polar surface area (TPSA) is 85.1 Å². The number of anilines is 1. The highest BCUT2D eigenvalue weighted by Gasteiger charge is 2.26. The highest BCUT2D eigenvalue weighted by Crippen LogP contribution is 2.39. The monoisotopic (exact) mass is 565 g/mol. The van der Waals surface area contributed by atoms with Crippen LogP contribution in [0, 0.1) is 0 Å². The van der Waals surface area contributed by atoms with E-state index in [9.17, 15) is 9.59 Å². The number of aromatic nitrogens is 1. The van der Waals surface area contributed by atoms with Gasteiger partial charge in [0.05, 0.1) is 10.2 Å². The lowest BCUT2D eigenvalue weighted by Crippen LogP contribution is -2.40. The van der Waals surface area contributed by atoms with Crippen molar-refractivity contribution in [2.24, 2.45) is 0 Å². The normalized spacial score (nSPS) is 12.7. The van der Waals surface area contributed by atoms with Crippen LogP contribution in [0.2, 0.25) is 0 Å². The Kier molecular flexibility index (Phi) is 7.74. The molecule has 0 N–H and O–H groups in total. The first kappa shape index (κ1) is 26.9. The van der Waals surface area contributed by atoms with Crippen LogP contribution in [-0.2, 0) is 0 Å². The Morgan fingerprint density at radius 3 is 2.46 bits per heavy atom. The lowest BCUT2D eigenvalue weighted by Gasteiger charge is -2.24. The van der Waals surface area contributed by atoms with Crippen molar-refractivity contribution in [2.75, 3.05) is 44.3 Å². The van der Waals surface area contributed by atoms with Crippen LogP contribution in [0.4, 0.5) is 5.13 Å². The van der Waals surface area contributed by atoms with Gasteiger partial charge in [0.1, 0.15) is 24.4 Å². The van der Waals surface area contributed by atoms with Crippen molar-refractivity contribution in [1.29, 1.82) is 0 Å². The second kappa shape index (κ2) is 11.2. The number of likely N-dealkylation sites (N-methyl/N-ethyl adjacent to an activating group) is 1. The number of rotatable bonds is 7. The maximum atomic E-state index is 14.0. The first-order valence-corrected chi connectivity index (χ1v) is 13.6. The smallest absolute Gasteiger partial charge is 0.349 e. The van der Waals surface area contributed by atoms with E-state index in [1.54, 1.807) is 17.0 Å². The molecule has 0 radical (unpaired) electrons. The lowest BCUT2D eigenvalue weighted by molar-refractivity contribution is 0.0980. The molecule has 5 aromatic rings. The molecule has 0 atom stereocenters. The Labute approximate surface area is 235 Å². The molecule has 0 spiro atoms. The zero-order valence-electron chi connectivity index (χ0n) is 21.6. The van der Waals surface area contributed by atoms with Gasteiger partial charge in [-0.05, 0) is 36.0 Å². The molecule has 3 aromatic carbocycles. The molecule has 6 rings (SSSR count). The zero-order valence-corrected chi connectivity index (χ0v) is 23.3. The summed E-state index contributed by atoms with van der Waals surface area (Å²) in [6, 6.07) is 16.9. The van der Waals surface area contributed by atoms with E-state index < -0.39 is 11.5 Å². The van der Waals surface area contributed by atoms with Crippen molar-refractivity contribution in [1.82, 2.24) is 9.88 Å². The number of halogens is 1. The quantitative estimate of drug-likeness (QED) is 0.184. The number of benzene rings is 3. The molecule has 39 heavy (non-hydrogen) atoms. The van der Waals surface area contributed by atoms with Crippen LogP contribution >= 0.6 is 23.7 Å². The van der Waals surface area contributed by atoms with Crippen LogP contribution in [0.1, 0.15) is 24.2 Å². The molecule has 8 nitrogen and oxygen atoms in total. The number of hydrogen-bond donors (Lipinski definition) is 0. The summed E-state index contributed by atoms with van der Waals surface area (Å²) in [4.78, 5) is 35.7.